The Kier molecular flexibility index (Phi) is 7.95. The summed E-state index contributed by atoms with van der Waals surface area (Å²) in [6.45, 7) is 2.06. The summed E-state index contributed by atoms with van der Waals surface area (Å²) in [5, 5.41) is 7.30. The predicted molar refractivity (Wildman–Crippen MR) is 134 cm³/mol. The largest absolute Gasteiger partial charge is 0.343 e. The molecule has 0 radical (unpaired) electrons. The van der Waals surface area contributed by atoms with E-state index < -0.39 is 5.54 Å². The Morgan fingerprint density at radius 2 is 1.63 bits per heavy atom. The fraction of sp³-hybridized carbons (Fsp3) is 0.429. The van der Waals surface area contributed by atoms with E-state index in [-0.39, 0.29) is 18.2 Å². The van der Waals surface area contributed by atoms with Gasteiger partial charge in [0, 0.05) is 33.4 Å². The number of hydrogen-bond acceptors (Lipinski definition) is 5. The zero-order valence-electron chi connectivity index (χ0n) is 20.6. The van der Waals surface area contributed by atoms with E-state index in [1.54, 1.807) is 4.90 Å². The summed E-state index contributed by atoms with van der Waals surface area (Å²) in [5.74, 6) is 0.890. The van der Waals surface area contributed by atoms with Gasteiger partial charge in [-0.1, -0.05) is 85.4 Å². The number of carbonyl (C=O) groups is 2. The average Bonchev–Trinajstić information content (AvgIpc) is 3.23. The summed E-state index contributed by atoms with van der Waals surface area (Å²) in [6, 6.07) is 18.5. The van der Waals surface area contributed by atoms with E-state index in [0.717, 1.165) is 49.7 Å². The summed E-state index contributed by atoms with van der Waals surface area (Å²) >= 11 is 0. The van der Waals surface area contributed by atoms with Crippen molar-refractivity contribution in [1.29, 1.82) is 0 Å². The number of aromatic nitrogens is 2. The maximum atomic E-state index is 12.8. The minimum Gasteiger partial charge on any atom is -0.343 e. The Hall–Kier alpha value is -3.48. The minimum absolute atomic E-state index is 0.0166. The number of nitrogens with zero attached hydrogens (tertiary/aromatic N) is 3. The van der Waals surface area contributed by atoms with Crippen molar-refractivity contribution in [2.24, 2.45) is 0 Å². The highest BCUT2D eigenvalue weighted by Crippen LogP contribution is 2.34. The molecule has 1 N–H and O–H groups in total. The van der Waals surface area contributed by atoms with Crippen LogP contribution in [0, 0.1) is 0 Å². The lowest BCUT2D eigenvalue weighted by molar-refractivity contribution is -0.130. The molecule has 1 aliphatic carbocycles. The van der Waals surface area contributed by atoms with Crippen molar-refractivity contribution in [1.82, 2.24) is 20.4 Å². The second-order valence-electron chi connectivity index (χ2n) is 9.50. The van der Waals surface area contributed by atoms with Gasteiger partial charge in [-0.25, -0.2) is 0 Å². The minimum atomic E-state index is -0.573. The van der Waals surface area contributed by atoms with E-state index in [1.807, 2.05) is 25.2 Å². The Balaban J connectivity index is 1.33. The van der Waals surface area contributed by atoms with Crippen LogP contribution in [-0.2, 0) is 28.1 Å². The normalized spacial score (nSPS) is 15.3. The smallest absolute Gasteiger partial charge is 0.227 e. The molecule has 7 nitrogen and oxygen atoms in total. The van der Waals surface area contributed by atoms with Gasteiger partial charge in [-0.3, -0.25) is 9.59 Å². The van der Waals surface area contributed by atoms with Crippen molar-refractivity contribution in [3.8, 4) is 11.1 Å². The molecule has 1 saturated carbocycles. The highest BCUT2D eigenvalue weighted by molar-refractivity contribution is 5.76. The Bertz CT molecular complexity index is 1120. The summed E-state index contributed by atoms with van der Waals surface area (Å²) in [4.78, 5) is 31.0. The lowest BCUT2D eigenvalue weighted by Gasteiger charge is -2.30. The molecular formula is C28H34N4O3. The van der Waals surface area contributed by atoms with Crippen LogP contribution in [0.2, 0.25) is 0 Å². The molecule has 0 aliphatic heterocycles. The van der Waals surface area contributed by atoms with Crippen LogP contribution < -0.4 is 5.32 Å². The molecule has 3 aromatic rings. The molecule has 4 rings (SSSR count). The Labute approximate surface area is 206 Å². The van der Waals surface area contributed by atoms with Gasteiger partial charge in [0.25, 0.3) is 0 Å². The zero-order valence-corrected chi connectivity index (χ0v) is 20.6. The first-order valence-electron chi connectivity index (χ1n) is 12.5. The molecule has 0 unspecified atom stereocenters. The molecule has 1 aliphatic rings. The zero-order chi connectivity index (χ0) is 24.7. The molecule has 0 saturated heterocycles. The number of benzene rings is 2. The topological polar surface area (TPSA) is 88.3 Å². The molecule has 184 valence electrons. The van der Waals surface area contributed by atoms with Crippen LogP contribution >= 0.6 is 0 Å². The third-order valence-corrected chi connectivity index (χ3v) is 6.73. The van der Waals surface area contributed by atoms with Crippen LogP contribution in [0.4, 0.5) is 0 Å². The molecule has 35 heavy (non-hydrogen) atoms. The van der Waals surface area contributed by atoms with Crippen LogP contribution in [0.25, 0.3) is 11.1 Å². The van der Waals surface area contributed by atoms with Crippen molar-refractivity contribution in [3.05, 3.63) is 71.9 Å². The first-order valence-corrected chi connectivity index (χ1v) is 12.5. The van der Waals surface area contributed by atoms with Gasteiger partial charge >= 0.3 is 0 Å². The average molecular weight is 475 g/mol. The Morgan fingerprint density at radius 1 is 0.971 bits per heavy atom. The molecule has 1 aromatic heterocycles. The molecule has 0 spiro atoms. The molecule has 1 heterocycles. The first kappa shape index (κ1) is 24.6. The van der Waals surface area contributed by atoms with Crippen LogP contribution in [-0.4, -0.2) is 33.9 Å². The van der Waals surface area contributed by atoms with Crippen molar-refractivity contribution in [2.75, 3.05) is 7.05 Å². The summed E-state index contributed by atoms with van der Waals surface area (Å²) in [5.41, 5.74) is 2.83. The molecule has 0 atom stereocenters. The van der Waals surface area contributed by atoms with Gasteiger partial charge in [0.05, 0.1) is 0 Å². The summed E-state index contributed by atoms with van der Waals surface area (Å²) in [7, 11) is 1.81. The lowest BCUT2D eigenvalue weighted by atomic mass is 9.89. The van der Waals surface area contributed by atoms with Gasteiger partial charge in [-0.15, -0.1) is 0 Å². The maximum absolute atomic E-state index is 12.8. The van der Waals surface area contributed by atoms with E-state index in [1.165, 1.54) is 12.5 Å². The van der Waals surface area contributed by atoms with Gasteiger partial charge in [-0.2, -0.15) is 4.98 Å². The van der Waals surface area contributed by atoms with E-state index in [4.69, 9.17) is 4.52 Å². The molecule has 1 fully saturated rings. The fourth-order valence-corrected chi connectivity index (χ4v) is 4.82. The standard InChI is InChI=1S/C28H34N4O3/c1-21(33)30-28(18-8-3-4-9-19-28)27-29-25(35-31-27)16-17-26(34)32(2)20-22-12-14-24(15-13-22)23-10-6-5-7-11-23/h5-7,10-15H,3-4,8-9,16-20H2,1-2H3,(H,30,33). The fourth-order valence-electron chi connectivity index (χ4n) is 4.82. The van der Waals surface area contributed by atoms with Gasteiger partial charge < -0.3 is 14.7 Å². The molecule has 2 amide bonds. The number of hydrogen-bond donors (Lipinski definition) is 1. The maximum Gasteiger partial charge on any atom is 0.227 e. The van der Waals surface area contributed by atoms with Gasteiger partial charge in [-0.05, 0) is 29.5 Å². The predicted octanol–water partition coefficient (Wildman–Crippen LogP) is 5.01. The van der Waals surface area contributed by atoms with Crippen LogP contribution in [0.3, 0.4) is 0 Å². The van der Waals surface area contributed by atoms with Crippen LogP contribution in [0.15, 0.2) is 59.1 Å². The number of aryl methyl sites for hydroxylation is 1. The third kappa shape index (κ3) is 6.35. The van der Waals surface area contributed by atoms with Gasteiger partial charge in [0.2, 0.25) is 17.7 Å². The SMILES string of the molecule is CC(=O)NC1(c2noc(CCC(=O)N(C)Cc3ccc(-c4ccccc4)cc3)n2)CCCCCC1. The second-order valence-corrected chi connectivity index (χ2v) is 9.50. The van der Waals surface area contributed by atoms with Crippen LogP contribution in [0.5, 0.6) is 0 Å². The van der Waals surface area contributed by atoms with Crippen molar-refractivity contribution in [3.63, 3.8) is 0 Å². The summed E-state index contributed by atoms with van der Waals surface area (Å²) in [6.07, 6.45) is 6.57. The summed E-state index contributed by atoms with van der Waals surface area (Å²) < 4.78 is 5.49. The van der Waals surface area contributed by atoms with E-state index in [0.29, 0.717) is 24.7 Å². The van der Waals surface area contributed by atoms with Crippen molar-refractivity contribution >= 4 is 11.8 Å². The quantitative estimate of drug-likeness (QED) is 0.464. The molecule has 7 heteroatoms. The van der Waals surface area contributed by atoms with E-state index in [2.05, 4.69) is 51.9 Å². The molecular weight excluding hydrogens is 440 g/mol. The van der Waals surface area contributed by atoms with Gasteiger partial charge in [0.15, 0.2) is 5.82 Å². The van der Waals surface area contributed by atoms with E-state index in [9.17, 15) is 9.59 Å². The van der Waals surface area contributed by atoms with Crippen LogP contribution in [0.1, 0.15) is 69.1 Å². The third-order valence-electron chi connectivity index (χ3n) is 6.73. The highest BCUT2D eigenvalue weighted by Gasteiger charge is 2.38. The van der Waals surface area contributed by atoms with Crippen molar-refractivity contribution < 1.29 is 14.1 Å². The molecule has 2 aromatic carbocycles. The highest BCUT2D eigenvalue weighted by atomic mass is 16.5. The van der Waals surface area contributed by atoms with Gasteiger partial charge in [0.1, 0.15) is 5.54 Å². The van der Waals surface area contributed by atoms with E-state index >= 15 is 0 Å². The lowest BCUT2D eigenvalue weighted by Crippen LogP contribution is -2.45. The Morgan fingerprint density at radius 3 is 2.29 bits per heavy atom. The first-order chi connectivity index (χ1) is 16.9. The monoisotopic (exact) mass is 474 g/mol. The second kappa shape index (κ2) is 11.3. The number of rotatable bonds is 8. The number of amides is 2. The molecule has 0 bridgehead atoms. The number of nitrogens with one attached hydrogen (secondary N) is 1. The number of carbonyl (C=O) groups excluding carboxylic acids is 2. The van der Waals surface area contributed by atoms with Crippen molar-refractivity contribution in [2.45, 2.75) is 70.4 Å².